The number of quaternary nitrogens is 1. The van der Waals surface area contributed by atoms with Crippen LogP contribution in [0.2, 0.25) is 0 Å². The summed E-state index contributed by atoms with van der Waals surface area (Å²) in [5.74, 6) is -1.98. The molecule has 15 nitrogen and oxygen atoms in total. The molecule has 1 amide bonds. The van der Waals surface area contributed by atoms with Gasteiger partial charge in [-0.2, -0.15) is 4.98 Å². The number of nitrogens with zero attached hydrogens (tertiary/aromatic N) is 4. The van der Waals surface area contributed by atoms with Crippen molar-refractivity contribution in [1.29, 1.82) is 0 Å². The van der Waals surface area contributed by atoms with Crippen LogP contribution in [0.3, 0.4) is 0 Å². The Hall–Kier alpha value is -6.64. The minimum absolute atomic E-state index is 0.00331. The summed E-state index contributed by atoms with van der Waals surface area (Å²) < 4.78 is 86.5. The molecule has 4 aromatic carbocycles. The van der Waals surface area contributed by atoms with E-state index in [1.807, 2.05) is 0 Å². The highest BCUT2D eigenvalue weighted by atomic mass is 32.2. The molecule has 3 aliphatic rings. The Morgan fingerprint density at radius 1 is 0.882 bits per heavy atom. The molecule has 10 rings (SSSR count). The predicted octanol–water partition coefficient (Wildman–Crippen LogP) is 9.91. The highest BCUT2D eigenvalue weighted by molar-refractivity contribution is 7.90. The standard InChI is InChI=1S/C57H66F3N9O6S/c1-34(2)40-8-6-7-9-41(40)49-33-67(32-37-14-17-45(58)46(59)26-37)24-25-69(49)38-19-22-68(23-20-38)39-15-16-42(50(27-39)75-51-28-44-47(60)31-63-55(44)64-57(51)74-5)56(70)65-76(72,73)52-29-48(66(4)71)54(53-43(52)18-21-61-53)62-30-36-12-10-35(3)11-13-36/h6-9,14-18,21,26-29,31,34-36,38,49,61-62,66H,10-13,19-20,22-25,30,32-33H2,1-5H3,(H,63,64)(H,65,70)/t35-,36+,49-/m0/s1. The van der Waals surface area contributed by atoms with Crippen molar-refractivity contribution >= 4 is 54.9 Å². The molecule has 0 bridgehead atoms. The molecule has 0 spiro atoms. The molecule has 2 saturated heterocycles. The molecular weight excluding hydrogens is 996 g/mol. The average Bonchev–Trinajstić information content (AvgIpc) is 4.08. The molecule has 1 saturated carbocycles. The number of hydrogen-bond acceptors (Lipinski definition) is 11. The zero-order valence-electron chi connectivity index (χ0n) is 43.5. The zero-order valence-corrected chi connectivity index (χ0v) is 44.3. The Labute approximate surface area is 441 Å². The zero-order chi connectivity index (χ0) is 53.4. The van der Waals surface area contributed by atoms with Crippen LogP contribution in [0.15, 0.2) is 96.2 Å². The molecule has 7 aromatic rings. The summed E-state index contributed by atoms with van der Waals surface area (Å²) in [5.41, 5.74) is 5.15. The van der Waals surface area contributed by atoms with E-state index >= 15 is 4.39 Å². The maximum atomic E-state index is 15.0. The predicted molar refractivity (Wildman–Crippen MR) is 288 cm³/mol. The number of aromatic nitrogens is 3. The number of aromatic amines is 2. The summed E-state index contributed by atoms with van der Waals surface area (Å²) in [6.07, 6.45) is 8.74. The van der Waals surface area contributed by atoms with Crippen molar-refractivity contribution in [2.45, 2.75) is 88.7 Å². The van der Waals surface area contributed by atoms with E-state index in [1.54, 1.807) is 30.5 Å². The van der Waals surface area contributed by atoms with E-state index in [1.165, 1.54) is 55.6 Å². The van der Waals surface area contributed by atoms with Gasteiger partial charge < -0.3 is 39.9 Å². The number of amides is 1. The molecule has 1 aliphatic carbocycles. The lowest BCUT2D eigenvalue weighted by Gasteiger charge is -2.48. The van der Waals surface area contributed by atoms with Gasteiger partial charge in [-0.3, -0.25) is 14.6 Å². The van der Waals surface area contributed by atoms with Crippen LogP contribution in [0.5, 0.6) is 17.4 Å². The molecule has 19 heteroatoms. The van der Waals surface area contributed by atoms with Gasteiger partial charge in [0.15, 0.2) is 23.1 Å². The number of H-pyrrole nitrogens is 2. The number of rotatable bonds is 16. The van der Waals surface area contributed by atoms with Gasteiger partial charge in [-0.25, -0.2) is 26.3 Å². The number of piperazine rings is 1. The number of carbonyl (C=O) groups is 1. The summed E-state index contributed by atoms with van der Waals surface area (Å²) in [5, 5.41) is 16.8. The molecule has 3 fully saturated rings. The molecule has 0 radical (unpaired) electrons. The number of sulfonamides is 1. The number of benzene rings is 4. The number of carbonyl (C=O) groups excluding carboxylic acids is 1. The number of nitrogens with one attached hydrogen (secondary N) is 5. The number of hydroxylamine groups is 1. The first-order chi connectivity index (χ1) is 36.5. The summed E-state index contributed by atoms with van der Waals surface area (Å²) in [6.45, 7) is 11.3. The lowest BCUT2D eigenvalue weighted by atomic mass is 9.83. The fourth-order valence-electron chi connectivity index (χ4n) is 11.6. The van der Waals surface area contributed by atoms with Crippen molar-refractivity contribution < 1.29 is 40.9 Å². The average molecular weight is 1060 g/mol. The van der Waals surface area contributed by atoms with Gasteiger partial charge in [0.05, 0.1) is 30.6 Å². The van der Waals surface area contributed by atoms with Crippen molar-refractivity contribution in [2.24, 2.45) is 11.8 Å². The Balaban J connectivity index is 0.923. The summed E-state index contributed by atoms with van der Waals surface area (Å²) in [4.78, 5) is 31.7. The van der Waals surface area contributed by atoms with Gasteiger partial charge >= 0.3 is 0 Å². The van der Waals surface area contributed by atoms with Crippen LogP contribution >= 0.6 is 0 Å². The van der Waals surface area contributed by atoms with Crippen molar-refractivity contribution in [3.8, 4) is 17.4 Å². The maximum Gasteiger partial charge on any atom is 0.268 e. The van der Waals surface area contributed by atoms with E-state index in [9.17, 15) is 27.2 Å². The second-order valence-corrected chi connectivity index (χ2v) is 22.8. The third kappa shape index (κ3) is 11.0. The highest BCUT2D eigenvalue weighted by Gasteiger charge is 2.37. The largest absolute Gasteiger partial charge is 0.629 e. The number of methoxy groups -OCH3 is 1. The van der Waals surface area contributed by atoms with Crippen molar-refractivity contribution in [3.05, 3.63) is 136 Å². The van der Waals surface area contributed by atoms with Crippen molar-refractivity contribution in [3.63, 3.8) is 0 Å². The molecule has 3 aromatic heterocycles. The number of hydrogen-bond donors (Lipinski definition) is 5. The molecule has 2 aliphatic heterocycles. The topological polar surface area (TPSA) is 175 Å². The fraction of sp³-hybridized carbons (Fsp3) is 0.404. The van der Waals surface area contributed by atoms with Crippen LogP contribution in [0.25, 0.3) is 21.9 Å². The maximum absolute atomic E-state index is 15.0. The minimum Gasteiger partial charge on any atom is -0.629 e. The van der Waals surface area contributed by atoms with Crippen molar-refractivity contribution in [2.75, 3.05) is 63.6 Å². The number of halogens is 3. The summed E-state index contributed by atoms with van der Waals surface area (Å²) in [6, 6.07) is 22.2. The first-order valence-corrected chi connectivity index (χ1v) is 27.8. The third-order valence-corrected chi connectivity index (χ3v) is 17.1. The Bertz CT molecular complexity index is 3350. The van der Waals surface area contributed by atoms with E-state index in [0.717, 1.165) is 63.4 Å². The molecule has 402 valence electrons. The smallest absolute Gasteiger partial charge is 0.268 e. The van der Waals surface area contributed by atoms with Gasteiger partial charge in [0.1, 0.15) is 27.8 Å². The SMILES string of the molecule is COc1nc2[nH]cc(F)c2cc1Oc1cc(N2CCC(N3CCN(Cc4ccc(F)c(F)c4)C[C@H]3c3ccccc3C(C)C)CC2)ccc1C(=O)NS(=O)(=O)c1cc([NH+](C)[O-])c(NC[C@H]2CC[C@@H](C)CC2)c2[nH]ccc12. The van der Waals surface area contributed by atoms with Crippen LogP contribution in [-0.4, -0.2) is 98.5 Å². The molecule has 5 heterocycles. The number of piperidine rings is 1. The van der Waals surface area contributed by atoms with Gasteiger partial charge in [0.25, 0.3) is 21.8 Å². The lowest BCUT2D eigenvalue weighted by Crippen LogP contribution is -2.98. The highest BCUT2D eigenvalue weighted by Crippen LogP contribution is 2.41. The van der Waals surface area contributed by atoms with E-state index in [2.05, 4.69) is 84.7 Å². The second-order valence-electron chi connectivity index (χ2n) is 21.1. The van der Waals surface area contributed by atoms with Gasteiger partial charge in [0.2, 0.25) is 0 Å². The fourth-order valence-corrected chi connectivity index (χ4v) is 12.8. The van der Waals surface area contributed by atoms with E-state index in [4.69, 9.17) is 9.47 Å². The van der Waals surface area contributed by atoms with Gasteiger partial charge in [-0.05, 0) is 90.5 Å². The van der Waals surface area contributed by atoms with Crippen molar-refractivity contribution in [1.82, 2.24) is 29.5 Å². The molecule has 5 N–H and O–H groups in total. The Morgan fingerprint density at radius 2 is 1.66 bits per heavy atom. The quantitative estimate of drug-likeness (QED) is 0.0583. The second kappa shape index (κ2) is 22.1. The van der Waals surface area contributed by atoms with Crippen LogP contribution in [0.4, 0.5) is 30.2 Å². The van der Waals surface area contributed by atoms with E-state index in [0.29, 0.717) is 66.8 Å². The normalized spacial score (nSPS) is 19.6. The first-order valence-electron chi connectivity index (χ1n) is 26.3. The molecule has 1 unspecified atom stereocenters. The number of anilines is 2. The number of fused-ring (bicyclic) bond motifs is 2. The molecular formula is C57H66F3N9O6S. The Morgan fingerprint density at radius 3 is 2.39 bits per heavy atom. The van der Waals surface area contributed by atoms with Crippen LogP contribution in [0.1, 0.15) is 98.3 Å². The van der Waals surface area contributed by atoms with Gasteiger partial charge in [-0.1, -0.05) is 63.9 Å². The van der Waals surface area contributed by atoms with E-state index < -0.39 is 33.4 Å². The third-order valence-electron chi connectivity index (χ3n) is 15.7. The van der Waals surface area contributed by atoms with Gasteiger partial charge in [0, 0.05) is 99.6 Å². The van der Waals surface area contributed by atoms with Crippen LogP contribution < -0.4 is 29.5 Å². The van der Waals surface area contributed by atoms with Crippen LogP contribution in [0, 0.1) is 34.5 Å². The first kappa shape index (κ1) is 52.8. The van der Waals surface area contributed by atoms with Gasteiger partial charge in [-0.15, -0.1) is 0 Å². The lowest BCUT2D eigenvalue weighted by molar-refractivity contribution is -0.750. The summed E-state index contributed by atoms with van der Waals surface area (Å²) in [7, 11) is -1.88. The summed E-state index contributed by atoms with van der Waals surface area (Å²) >= 11 is 0. The monoisotopic (exact) mass is 1060 g/mol. The number of pyridine rings is 1. The number of ether oxygens (including phenoxy) is 2. The Kier molecular flexibility index (Phi) is 15.4. The van der Waals surface area contributed by atoms with Crippen LogP contribution in [-0.2, 0) is 16.6 Å². The minimum atomic E-state index is -4.64. The molecule has 2 atom stereocenters. The van der Waals surface area contributed by atoms with E-state index in [-0.39, 0.29) is 67.6 Å². The molecule has 76 heavy (non-hydrogen) atoms.